The summed E-state index contributed by atoms with van der Waals surface area (Å²) in [5.74, 6) is -0.538. The Hall–Kier alpha value is -1.30. The molecule has 4 nitrogen and oxygen atoms in total. The van der Waals surface area contributed by atoms with E-state index in [1.54, 1.807) is 6.92 Å². The summed E-state index contributed by atoms with van der Waals surface area (Å²) in [6, 6.07) is 4.01. The van der Waals surface area contributed by atoms with Crippen molar-refractivity contribution in [2.24, 2.45) is 0 Å². The molecule has 0 N–H and O–H groups in total. The fourth-order valence-corrected chi connectivity index (χ4v) is 2.56. The largest absolute Gasteiger partial charge is 0.463 e. The number of halogens is 2. The molecule has 7 heteroatoms. The van der Waals surface area contributed by atoms with E-state index >= 15 is 0 Å². The molecule has 1 rings (SSSR count). The van der Waals surface area contributed by atoms with Gasteiger partial charge in [0.25, 0.3) is 0 Å². The van der Waals surface area contributed by atoms with Gasteiger partial charge < -0.3 is 4.74 Å². The second kappa shape index (κ2) is 7.47. The summed E-state index contributed by atoms with van der Waals surface area (Å²) >= 11 is 11.5. The van der Waals surface area contributed by atoms with Crippen LogP contribution in [0.1, 0.15) is 6.92 Å². The molecule has 0 aromatic heterocycles. The number of hydrogen-bond acceptors (Lipinski definition) is 4. The molecule has 0 fully saturated rings. The van der Waals surface area contributed by atoms with Crippen LogP contribution in [0.3, 0.4) is 0 Å². The lowest BCUT2D eigenvalue weighted by Gasteiger charge is -2.00. The van der Waals surface area contributed by atoms with Crippen molar-refractivity contribution in [1.82, 2.24) is 0 Å². The number of rotatable bonds is 5. The molecule has 0 saturated carbocycles. The zero-order valence-corrected chi connectivity index (χ0v) is 12.9. The third-order valence-corrected chi connectivity index (χ3v) is 4.27. The molecular weight excluding hydrogens is 323 g/mol. The van der Waals surface area contributed by atoms with Gasteiger partial charge in [-0.25, -0.2) is 13.2 Å². The smallest absolute Gasteiger partial charge is 0.330 e. The van der Waals surface area contributed by atoms with E-state index in [4.69, 9.17) is 23.2 Å². The van der Waals surface area contributed by atoms with Gasteiger partial charge in [0.2, 0.25) is 0 Å². The van der Waals surface area contributed by atoms with Gasteiger partial charge in [-0.05, 0) is 25.1 Å². The van der Waals surface area contributed by atoms with Crippen LogP contribution in [0.5, 0.6) is 0 Å². The van der Waals surface area contributed by atoms with Gasteiger partial charge in [0.1, 0.15) is 0 Å². The summed E-state index contributed by atoms with van der Waals surface area (Å²) in [5.41, 5.74) is 0. The lowest BCUT2D eigenvalue weighted by atomic mass is 10.4. The van der Waals surface area contributed by atoms with Crippen LogP contribution in [0.15, 0.2) is 46.7 Å². The number of hydrogen-bond donors (Lipinski definition) is 0. The Balaban J connectivity index is 2.84. The third-order valence-electron chi connectivity index (χ3n) is 2.11. The van der Waals surface area contributed by atoms with Gasteiger partial charge >= 0.3 is 5.97 Å². The Kier molecular flexibility index (Phi) is 6.26. The Labute approximate surface area is 127 Å². The van der Waals surface area contributed by atoms with Gasteiger partial charge in [-0.3, -0.25) is 0 Å². The van der Waals surface area contributed by atoms with Crippen LogP contribution in [0.25, 0.3) is 0 Å². The normalized spacial score (nSPS) is 12.2. The van der Waals surface area contributed by atoms with Crippen molar-refractivity contribution in [3.63, 3.8) is 0 Å². The average Bonchev–Trinajstić information content (AvgIpc) is 2.38. The SMILES string of the molecule is CCOC(=O)/C=C/C=C/S(=O)(=O)c1ccc(Cl)c(Cl)c1. The Morgan fingerprint density at radius 3 is 2.55 bits per heavy atom. The highest BCUT2D eigenvalue weighted by Gasteiger charge is 2.11. The van der Waals surface area contributed by atoms with E-state index in [2.05, 4.69) is 4.74 Å². The number of allylic oxidation sites excluding steroid dienone is 2. The van der Waals surface area contributed by atoms with Crippen molar-refractivity contribution in [3.8, 4) is 0 Å². The Morgan fingerprint density at radius 2 is 1.95 bits per heavy atom. The first-order valence-electron chi connectivity index (χ1n) is 5.58. The molecule has 108 valence electrons. The fourth-order valence-electron chi connectivity index (χ4n) is 1.21. The number of sulfone groups is 1. The quantitative estimate of drug-likeness (QED) is 0.470. The Morgan fingerprint density at radius 1 is 1.25 bits per heavy atom. The van der Waals surface area contributed by atoms with Gasteiger partial charge in [-0.15, -0.1) is 0 Å². The van der Waals surface area contributed by atoms with E-state index in [0.717, 1.165) is 11.5 Å². The predicted molar refractivity (Wildman–Crippen MR) is 78.6 cm³/mol. The van der Waals surface area contributed by atoms with Crippen LogP contribution in [-0.4, -0.2) is 21.0 Å². The minimum Gasteiger partial charge on any atom is -0.463 e. The average molecular weight is 335 g/mol. The lowest BCUT2D eigenvalue weighted by molar-refractivity contribution is -0.137. The lowest BCUT2D eigenvalue weighted by Crippen LogP contribution is -1.98. The minimum absolute atomic E-state index is 0.0210. The molecule has 1 aromatic carbocycles. The van der Waals surface area contributed by atoms with Crippen molar-refractivity contribution in [2.45, 2.75) is 11.8 Å². The van der Waals surface area contributed by atoms with Crippen molar-refractivity contribution in [3.05, 3.63) is 51.9 Å². The third kappa shape index (κ3) is 5.00. The number of carbonyl (C=O) groups is 1. The molecule has 1 aromatic rings. The summed E-state index contributed by atoms with van der Waals surface area (Å²) in [4.78, 5) is 11.0. The number of carbonyl (C=O) groups excluding carboxylic acids is 1. The summed E-state index contributed by atoms with van der Waals surface area (Å²) in [5, 5.41) is 1.39. The molecule has 0 aliphatic carbocycles. The molecule has 0 saturated heterocycles. The first-order chi connectivity index (χ1) is 9.36. The zero-order valence-electron chi connectivity index (χ0n) is 10.5. The maximum atomic E-state index is 11.9. The first-order valence-corrected chi connectivity index (χ1v) is 7.88. The topological polar surface area (TPSA) is 60.4 Å². The van der Waals surface area contributed by atoms with Crippen molar-refractivity contribution in [1.29, 1.82) is 0 Å². The number of benzene rings is 1. The second-order valence-corrected chi connectivity index (χ2v) is 6.21. The van der Waals surface area contributed by atoms with E-state index in [-0.39, 0.29) is 21.5 Å². The van der Waals surface area contributed by atoms with Crippen molar-refractivity contribution in [2.75, 3.05) is 6.61 Å². The fraction of sp³-hybridized carbons (Fsp3) is 0.154. The number of esters is 1. The van der Waals surface area contributed by atoms with Gasteiger partial charge in [-0.1, -0.05) is 35.4 Å². The van der Waals surface area contributed by atoms with Gasteiger partial charge in [-0.2, -0.15) is 0 Å². The van der Waals surface area contributed by atoms with Crippen LogP contribution in [-0.2, 0) is 19.4 Å². The highest BCUT2D eigenvalue weighted by Crippen LogP contribution is 2.25. The number of ether oxygens (including phenoxy) is 1. The van der Waals surface area contributed by atoms with E-state index < -0.39 is 15.8 Å². The minimum atomic E-state index is -3.64. The van der Waals surface area contributed by atoms with E-state index in [1.165, 1.54) is 30.4 Å². The van der Waals surface area contributed by atoms with Crippen molar-refractivity contribution < 1.29 is 17.9 Å². The first kappa shape index (κ1) is 16.8. The van der Waals surface area contributed by atoms with Crippen LogP contribution >= 0.6 is 23.2 Å². The molecule has 20 heavy (non-hydrogen) atoms. The van der Waals surface area contributed by atoms with E-state index in [1.807, 2.05) is 0 Å². The summed E-state index contributed by atoms with van der Waals surface area (Å²) in [7, 11) is -3.64. The predicted octanol–water partition coefficient (Wildman–Crippen LogP) is 3.40. The van der Waals surface area contributed by atoms with E-state index in [0.29, 0.717) is 0 Å². The van der Waals surface area contributed by atoms with Crippen LogP contribution in [0.2, 0.25) is 10.0 Å². The molecular formula is C13H12Cl2O4S. The molecule has 0 aliphatic rings. The highest BCUT2D eigenvalue weighted by atomic mass is 35.5. The molecule has 0 radical (unpaired) electrons. The Bertz CT molecular complexity index is 648. The van der Waals surface area contributed by atoms with Crippen LogP contribution < -0.4 is 0 Å². The highest BCUT2D eigenvalue weighted by molar-refractivity contribution is 7.94. The van der Waals surface area contributed by atoms with Gasteiger partial charge in [0.15, 0.2) is 9.84 Å². The van der Waals surface area contributed by atoms with Crippen molar-refractivity contribution >= 4 is 39.0 Å². The van der Waals surface area contributed by atoms with Gasteiger partial charge in [0, 0.05) is 11.5 Å². The molecule has 0 atom stereocenters. The molecule has 0 bridgehead atoms. The summed E-state index contributed by atoms with van der Waals surface area (Å²) < 4.78 is 28.5. The second-order valence-electron chi connectivity index (χ2n) is 3.56. The molecule has 0 spiro atoms. The molecule has 0 amide bonds. The summed E-state index contributed by atoms with van der Waals surface area (Å²) in [6.45, 7) is 1.94. The maximum absolute atomic E-state index is 11.9. The summed E-state index contributed by atoms with van der Waals surface area (Å²) in [6.07, 6.45) is 3.65. The van der Waals surface area contributed by atoms with Gasteiger partial charge in [0.05, 0.1) is 21.5 Å². The molecule has 0 aliphatic heterocycles. The van der Waals surface area contributed by atoms with Crippen LogP contribution in [0.4, 0.5) is 0 Å². The zero-order chi connectivity index (χ0) is 15.2. The molecule has 0 unspecified atom stereocenters. The van der Waals surface area contributed by atoms with Crippen LogP contribution in [0, 0.1) is 0 Å². The standard InChI is InChI=1S/C13H12Cl2O4S/c1-2-19-13(16)5-3-4-8-20(17,18)10-6-7-11(14)12(15)9-10/h3-9H,2H2,1H3/b5-3+,8-4+. The maximum Gasteiger partial charge on any atom is 0.330 e. The van der Waals surface area contributed by atoms with E-state index in [9.17, 15) is 13.2 Å². The molecule has 0 heterocycles. The monoisotopic (exact) mass is 334 g/mol.